The number of carbonyl (C=O) groups excluding carboxylic acids is 1. The van der Waals surface area contributed by atoms with E-state index in [0.717, 1.165) is 0 Å². The molecule has 2 rings (SSSR count). The van der Waals surface area contributed by atoms with E-state index in [1.54, 1.807) is 12.1 Å². The van der Waals surface area contributed by atoms with Crippen LogP contribution in [0.5, 0.6) is 5.75 Å². The number of carboxylic acid groups (broad SMARTS) is 1. The zero-order valence-corrected chi connectivity index (χ0v) is 17.9. The minimum absolute atomic E-state index is 0.0601. The molecule has 2 amide bonds. The Morgan fingerprint density at radius 1 is 1.23 bits per heavy atom. The minimum atomic E-state index is -1.19. The maximum atomic E-state index is 11.9. The number of unbranched alkanes of at least 4 members (excludes halogenated alkanes) is 1. The first-order valence-electron chi connectivity index (χ1n) is 9.54. The quantitative estimate of drug-likeness (QED) is 0.323. The van der Waals surface area contributed by atoms with Crippen LogP contribution in [-0.4, -0.2) is 44.1 Å². The number of urea groups is 1. The van der Waals surface area contributed by atoms with Crippen molar-refractivity contribution >= 4 is 24.6 Å². The van der Waals surface area contributed by atoms with Gasteiger partial charge in [0.2, 0.25) is 5.89 Å². The standard InChI is InChI=1S/C15H19N5O5S.C4H10/c16-10(7-26)13-19-12(25-20-13)6-17-15(24)18-11(14(22)23)5-8-1-3-9(21)4-2-8;1-3-4-2/h1-4,10-11,21,26H,5-7,16H2,(H,22,23)(H2,17,18,24);3-4H2,1-2H3. The number of aromatic hydroxyl groups is 1. The molecule has 0 aliphatic carbocycles. The molecule has 0 bridgehead atoms. The molecule has 0 aliphatic rings. The van der Waals surface area contributed by atoms with Gasteiger partial charge < -0.3 is 31.1 Å². The van der Waals surface area contributed by atoms with Crippen molar-refractivity contribution in [3.05, 3.63) is 41.5 Å². The van der Waals surface area contributed by atoms with Crippen LogP contribution in [0, 0.1) is 0 Å². The van der Waals surface area contributed by atoms with Gasteiger partial charge in [-0.1, -0.05) is 44.0 Å². The lowest BCUT2D eigenvalue weighted by molar-refractivity contribution is -0.139. The molecule has 0 radical (unpaired) electrons. The van der Waals surface area contributed by atoms with Crippen molar-refractivity contribution in [2.45, 2.75) is 51.7 Å². The maximum absolute atomic E-state index is 11.9. The molecule has 1 aromatic heterocycles. The SMILES string of the molecule is CCCC.NC(CS)c1noc(CNC(=O)NC(Cc2ccc(O)cc2)C(=O)O)n1. The van der Waals surface area contributed by atoms with Crippen molar-refractivity contribution in [1.29, 1.82) is 0 Å². The molecule has 6 N–H and O–H groups in total. The highest BCUT2D eigenvalue weighted by Gasteiger charge is 2.21. The van der Waals surface area contributed by atoms with Crippen molar-refractivity contribution in [1.82, 2.24) is 20.8 Å². The summed E-state index contributed by atoms with van der Waals surface area (Å²) in [5.74, 6) is -0.369. The number of aliphatic carboxylic acids is 1. The van der Waals surface area contributed by atoms with E-state index in [0.29, 0.717) is 11.3 Å². The lowest BCUT2D eigenvalue weighted by Crippen LogP contribution is -2.46. The Morgan fingerprint density at radius 3 is 2.40 bits per heavy atom. The molecule has 0 saturated heterocycles. The highest BCUT2D eigenvalue weighted by Crippen LogP contribution is 2.11. The number of carbonyl (C=O) groups is 2. The number of nitrogens with one attached hydrogen (secondary N) is 2. The molecule has 1 heterocycles. The summed E-state index contributed by atoms with van der Waals surface area (Å²) in [5, 5.41) is 27.0. The molecule has 2 unspecified atom stereocenters. The predicted molar refractivity (Wildman–Crippen MR) is 114 cm³/mol. The number of hydrogen-bond acceptors (Lipinski definition) is 8. The number of hydrogen-bond donors (Lipinski definition) is 6. The Morgan fingerprint density at radius 2 is 1.87 bits per heavy atom. The van der Waals surface area contributed by atoms with E-state index >= 15 is 0 Å². The van der Waals surface area contributed by atoms with Crippen molar-refractivity contribution in [3.63, 3.8) is 0 Å². The summed E-state index contributed by atoms with van der Waals surface area (Å²) in [5.41, 5.74) is 6.35. The van der Waals surface area contributed by atoms with Crippen molar-refractivity contribution < 1.29 is 24.3 Å². The van der Waals surface area contributed by atoms with Gasteiger partial charge in [0.15, 0.2) is 5.82 Å². The Labute approximate surface area is 180 Å². The van der Waals surface area contributed by atoms with E-state index in [1.165, 1.54) is 25.0 Å². The van der Waals surface area contributed by atoms with E-state index in [-0.39, 0.29) is 30.4 Å². The van der Waals surface area contributed by atoms with Gasteiger partial charge in [0.05, 0.1) is 12.6 Å². The maximum Gasteiger partial charge on any atom is 0.326 e. The van der Waals surface area contributed by atoms with Gasteiger partial charge >= 0.3 is 12.0 Å². The summed E-state index contributed by atoms with van der Waals surface area (Å²) in [6, 6.07) is 3.72. The van der Waals surface area contributed by atoms with E-state index in [1.807, 2.05) is 0 Å². The average molecular weight is 440 g/mol. The number of nitrogens with two attached hydrogens (primary N) is 1. The van der Waals surface area contributed by atoms with Gasteiger partial charge in [0.1, 0.15) is 11.8 Å². The Balaban J connectivity index is 0.00000103. The third kappa shape index (κ3) is 9.14. The zero-order valence-electron chi connectivity index (χ0n) is 17.0. The van der Waals surface area contributed by atoms with Crippen LogP contribution in [0.4, 0.5) is 4.79 Å². The summed E-state index contributed by atoms with van der Waals surface area (Å²) < 4.78 is 4.94. The highest BCUT2D eigenvalue weighted by molar-refractivity contribution is 7.80. The predicted octanol–water partition coefficient (Wildman–Crippen LogP) is 2.01. The highest BCUT2D eigenvalue weighted by atomic mass is 32.1. The number of nitrogens with zero attached hydrogens (tertiary/aromatic N) is 2. The van der Waals surface area contributed by atoms with Crippen LogP contribution in [-0.2, 0) is 17.8 Å². The summed E-state index contributed by atoms with van der Waals surface area (Å²) >= 11 is 4.03. The second-order valence-electron chi connectivity index (χ2n) is 6.42. The zero-order chi connectivity index (χ0) is 22.5. The molecular weight excluding hydrogens is 410 g/mol. The summed E-state index contributed by atoms with van der Waals surface area (Å²) in [7, 11) is 0. The second kappa shape index (κ2) is 13.4. The van der Waals surface area contributed by atoms with E-state index < -0.39 is 24.1 Å². The smallest absolute Gasteiger partial charge is 0.326 e. The molecule has 11 heteroatoms. The number of carboxylic acids is 1. The summed E-state index contributed by atoms with van der Waals surface area (Å²) in [4.78, 5) is 27.3. The molecule has 166 valence electrons. The van der Waals surface area contributed by atoms with Crippen LogP contribution in [0.1, 0.15) is 50.0 Å². The second-order valence-corrected chi connectivity index (χ2v) is 6.79. The number of benzene rings is 1. The van der Waals surface area contributed by atoms with Gasteiger partial charge in [0, 0.05) is 12.2 Å². The lowest BCUT2D eigenvalue weighted by atomic mass is 10.1. The molecule has 2 aromatic rings. The van der Waals surface area contributed by atoms with Gasteiger partial charge in [-0.25, -0.2) is 9.59 Å². The first-order valence-corrected chi connectivity index (χ1v) is 10.2. The molecule has 0 spiro atoms. The number of aromatic nitrogens is 2. The third-order valence-electron chi connectivity index (χ3n) is 3.89. The van der Waals surface area contributed by atoms with Crippen LogP contribution in [0.25, 0.3) is 0 Å². The molecule has 1 aromatic carbocycles. The minimum Gasteiger partial charge on any atom is -0.508 e. The fourth-order valence-corrected chi connectivity index (χ4v) is 2.17. The van der Waals surface area contributed by atoms with Crippen molar-refractivity contribution in [2.75, 3.05) is 5.75 Å². The molecule has 0 aliphatic heterocycles. The fraction of sp³-hybridized carbons (Fsp3) is 0.474. The average Bonchev–Trinajstić information content (AvgIpc) is 3.22. The molecule has 0 saturated carbocycles. The monoisotopic (exact) mass is 439 g/mol. The Kier molecular flexibility index (Phi) is 11.3. The van der Waals surface area contributed by atoms with Gasteiger partial charge in [-0.15, -0.1) is 0 Å². The third-order valence-corrected chi connectivity index (χ3v) is 4.29. The fourth-order valence-electron chi connectivity index (χ4n) is 2.01. The van der Waals surface area contributed by atoms with Gasteiger partial charge in [0.25, 0.3) is 0 Å². The lowest BCUT2D eigenvalue weighted by Gasteiger charge is -2.15. The van der Waals surface area contributed by atoms with E-state index in [4.69, 9.17) is 10.3 Å². The van der Waals surface area contributed by atoms with Crippen LogP contribution >= 0.6 is 12.6 Å². The van der Waals surface area contributed by atoms with Gasteiger partial charge in [-0.2, -0.15) is 17.6 Å². The Bertz CT molecular complexity index is 782. The van der Waals surface area contributed by atoms with Crippen LogP contribution in [0.3, 0.4) is 0 Å². The topological polar surface area (TPSA) is 164 Å². The van der Waals surface area contributed by atoms with E-state index in [2.05, 4.69) is 47.3 Å². The number of thiol groups is 1. The first-order chi connectivity index (χ1) is 14.3. The summed E-state index contributed by atoms with van der Waals surface area (Å²) in [6.45, 7) is 4.28. The van der Waals surface area contributed by atoms with Crippen LogP contribution in [0.15, 0.2) is 28.8 Å². The van der Waals surface area contributed by atoms with Gasteiger partial charge in [-0.05, 0) is 17.7 Å². The normalized spacial score (nSPS) is 12.3. The Hall–Kier alpha value is -2.79. The first kappa shape index (κ1) is 25.2. The molecule has 2 atom stereocenters. The van der Waals surface area contributed by atoms with Crippen LogP contribution in [0.2, 0.25) is 0 Å². The molecular formula is C19H29N5O5S. The van der Waals surface area contributed by atoms with Gasteiger partial charge in [-0.3, -0.25) is 0 Å². The largest absolute Gasteiger partial charge is 0.508 e. The van der Waals surface area contributed by atoms with E-state index in [9.17, 15) is 19.8 Å². The van der Waals surface area contributed by atoms with Crippen LogP contribution < -0.4 is 16.4 Å². The number of amides is 2. The van der Waals surface area contributed by atoms with Crippen molar-refractivity contribution in [3.8, 4) is 5.75 Å². The molecule has 30 heavy (non-hydrogen) atoms. The number of rotatable bonds is 9. The number of phenolic OH excluding ortho intramolecular Hbond substituents is 1. The number of phenols is 1. The van der Waals surface area contributed by atoms with Crippen molar-refractivity contribution in [2.24, 2.45) is 5.73 Å². The molecule has 0 fully saturated rings. The summed E-state index contributed by atoms with van der Waals surface area (Å²) in [6.07, 6.45) is 2.70. The molecule has 10 nitrogen and oxygen atoms in total.